The summed E-state index contributed by atoms with van der Waals surface area (Å²) in [5.74, 6) is 0.870. The number of nitrogens with two attached hydrogens (primary N) is 1. The number of nitrogens with one attached hydrogen (secondary N) is 1. The number of aromatic nitrogens is 2. The van der Waals surface area contributed by atoms with Crippen LogP contribution in [0.4, 0.5) is 5.95 Å². The fourth-order valence-electron chi connectivity index (χ4n) is 2.71. The van der Waals surface area contributed by atoms with Gasteiger partial charge in [0.1, 0.15) is 5.75 Å². The number of imidazole rings is 1. The molecule has 1 aromatic heterocycles. The fraction of sp³-hybridized carbons (Fsp3) is 0.0667. The normalized spacial score (nSPS) is 16.8. The van der Waals surface area contributed by atoms with Crippen molar-refractivity contribution in [1.82, 2.24) is 9.55 Å². The quantitative estimate of drug-likeness (QED) is 0.592. The number of rotatable bonds is 1. The van der Waals surface area contributed by atoms with E-state index in [2.05, 4.69) is 31.2 Å². The van der Waals surface area contributed by atoms with Crippen LogP contribution in [0.1, 0.15) is 11.7 Å². The van der Waals surface area contributed by atoms with Gasteiger partial charge in [-0.05, 0) is 40.2 Å². The lowest BCUT2D eigenvalue weighted by Gasteiger charge is -2.24. The molecule has 4 N–H and O–H groups in total. The van der Waals surface area contributed by atoms with Crippen molar-refractivity contribution in [2.45, 2.75) is 6.17 Å². The van der Waals surface area contributed by atoms with Crippen molar-refractivity contribution in [3.63, 3.8) is 0 Å². The standard InChI is InChI=1S/C15H11BrClN5O/c16-9-6-7(17)5-8(12(9)23)13-20-14(18)21-15-19-10-3-1-2-4-11(10)22(13)15/h1-6,13,23H,(H3,18,19,20,21). The zero-order chi connectivity index (χ0) is 16.1. The number of hydrogen-bond acceptors (Lipinski definition) is 5. The fourth-order valence-corrected chi connectivity index (χ4v) is 3.54. The molecule has 0 fully saturated rings. The summed E-state index contributed by atoms with van der Waals surface area (Å²) in [7, 11) is 0. The Morgan fingerprint density at radius 1 is 1.30 bits per heavy atom. The maximum absolute atomic E-state index is 10.4. The van der Waals surface area contributed by atoms with Crippen LogP contribution >= 0.6 is 27.5 Å². The summed E-state index contributed by atoms with van der Waals surface area (Å²) in [5.41, 5.74) is 8.12. The molecule has 0 radical (unpaired) electrons. The highest BCUT2D eigenvalue weighted by atomic mass is 79.9. The van der Waals surface area contributed by atoms with E-state index in [4.69, 9.17) is 17.3 Å². The molecular formula is C15H11BrClN5O. The number of halogens is 2. The van der Waals surface area contributed by atoms with Gasteiger partial charge in [0.25, 0.3) is 0 Å². The van der Waals surface area contributed by atoms with E-state index in [1.165, 1.54) is 0 Å². The maximum Gasteiger partial charge on any atom is 0.212 e. The number of nitrogens with zero attached hydrogens (tertiary/aromatic N) is 3. The number of para-hydroxylation sites is 2. The van der Waals surface area contributed by atoms with Gasteiger partial charge in [0.15, 0.2) is 12.1 Å². The monoisotopic (exact) mass is 391 g/mol. The Hall–Kier alpha value is -2.25. The first-order chi connectivity index (χ1) is 11.0. The average Bonchev–Trinajstić information content (AvgIpc) is 2.88. The minimum Gasteiger partial charge on any atom is -0.506 e. The Morgan fingerprint density at radius 2 is 2.09 bits per heavy atom. The molecule has 1 aliphatic heterocycles. The van der Waals surface area contributed by atoms with E-state index in [9.17, 15) is 5.11 Å². The Bertz CT molecular complexity index is 968. The largest absolute Gasteiger partial charge is 0.506 e. The minimum absolute atomic E-state index is 0.0709. The smallest absolute Gasteiger partial charge is 0.212 e. The molecule has 2 heterocycles. The summed E-state index contributed by atoms with van der Waals surface area (Å²) < 4.78 is 2.38. The van der Waals surface area contributed by atoms with Crippen molar-refractivity contribution in [3.05, 3.63) is 51.5 Å². The molecule has 2 aromatic carbocycles. The highest BCUT2D eigenvalue weighted by Gasteiger charge is 2.27. The summed E-state index contributed by atoms with van der Waals surface area (Å²) in [6.45, 7) is 0. The molecule has 1 aliphatic rings. The number of benzene rings is 2. The van der Waals surface area contributed by atoms with E-state index in [0.717, 1.165) is 11.0 Å². The van der Waals surface area contributed by atoms with Crippen molar-refractivity contribution < 1.29 is 5.11 Å². The highest BCUT2D eigenvalue weighted by molar-refractivity contribution is 9.10. The summed E-state index contributed by atoms with van der Waals surface area (Å²) >= 11 is 9.44. The molecule has 6 nitrogen and oxygen atoms in total. The second-order valence-corrected chi connectivity index (χ2v) is 6.42. The van der Waals surface area contributed by atoms with E-state index in [1.54, 1.807) is 12.1 Å². The lowest BCUT2D eigenvalue weighted by molar-refractivity contribution is 0.452. The molecule has 1 unspecified atom stereocenters. The molecular weight excluding hydrogens is 382 g/mol. The molecule has 0 saturated heterocycles. The summed E-state index contributed by atoms with van der Waals surface area (Å²) in [5, 5.41) is 13.9. The van der Waals surface area contributed by atoms with Crippen molar-refractivity contribution in [1.29, 1.82) is 0 Å². The van der Waals surface area contributed by atoms with Gasteiger partial charge < -0.3 is 10.8 Å². The Morgan fingerprint density at radius 3 is 2.91 bits per heavy atom. The number of fused-ring (bicyclic) bond motifs is 3. The number of aromatic hydroxyl groups is 1. The van der Waals surface area contributed by atoms with Gasteiger partial charge in [0.05, 0.1) is 15.5 Å². The number of phenols is 1. The summed E-state index contributed by atoms with van der Waals surface area (Å²) in [6, 6.07) is 11.0. The van der Waals surface area contributed by atoms with E-state index in [-0.39, 0.29) is 11.7 Å². The van der Waals surface area contributed by atoms with E-state index < -0.39 is 6.17 Å². The zero-order valence-electron chi connectivity index (χ0n) is 11.7. The first-order valence-corrected chi connectivity index (χ1v) is 7.97. The Labute approximate surface area is 144 Å². The van der Waals surface area contributed by atoms with Crippen molar-refractivity contribution in [2.75, 3.05) is 5.32 Å². The van der Waals surface area contributed by atoms with Crippen LogP contribution in [-0.4, -0.2) is 20.6 Å². The third kappa shape index (κ3) is 2.24. The van der Waals surface area contributed by atoms with Crippen LogP contribution in [0.2, 0.25) is 5.02 Å². The first-order valence-electron chi connectivity index (χ1n) is 6.80. The van der Waals surface area contributed by atoms with Gasteiger partial charge in [0.2, 0.25) is 5.95 Å². The number of hydrogen-bond donors (Lipinski definition) is 3. The average molecular weight is 393 g/mol. The molecule has 8 heteroatoms. The van der Waals surface area contributed by atoms with E-state index in [0.29, 0.717) is 21.0 Å². The molecule has 1 atom stereocenters. The molecule has 3 aromatic rings. The zero-order valence-corrected chi connectivity index (χ0v) is 14.0. The Balaban J connectivity index is 2.01. The van der Waals surface area contributed by atoms with Gasteiger partial charge in [0, 0.05) is 10.6 Å². The highest BCUT2D eigenvalue weighted by Crippen LogP contribution is 2.40. The van der Waals surface area contributed by atoms with Gasteiger partial charge in [-0.15, -0.1) is 0 Å². The van der Waals surface area contributed by atoms with Crippen LogP contribution in [0.15, 0.2) is 45.9 Å². The third-order valence-electron chi connectivity index (χ3n) is 3.68. The second kappa shape index (κ2) is 5.14. The molecule has 0 bridgehead atoms. The minimum atomic E-state index is -0.561. The molecule has 4 rings (SSSR count). The predicted molar refractivity (Wildman–Crippen MR) is 93.9 cm³/mol. The lowest BCUT2D eigenvalue weighted by Crippen LogP contribution is -2.31. The molecule has 0 amide bonds. The van der Waals surface area contributed by atoms with E-state index in [1.807, 2.05) is 28.8 Å². The van der Waals surface area contributed by atoms with Gasteiger partial charge >= 0.3 is 0 Å². The Kier molecular flexibility index (Phi) is 3.21. The predicted octanol–water partition coefficient (Wildman–Crippen LogP) is 3.44. The van der Waals surface area contributed by atoms with Gasteiger partial charge in [-0.1, -0.05) is 23.7 Å². The molecule has 0 spiro atoms. The van der Waals surface area contributed by atoms with Crippen LogP contribution in [0, 0.1) is 0 Å². The lowest BCUT2D eigenvalue weighted by atomic mass is 10.1. The van der Waals surface area contributed by atoms with Crippen LogP contribution in [0.25, 0.3) is 11.0 Å². The van der Waals surface area contributed by atoms with Crippen LogP contribution in [0.5, 0.6) is 5.75 Å². The van der Waals surface area contributed by atoms with Crippen molar-refractivity contribution >= 4 is 50.5 Å². The number of aliphatic imine (C=N–C) groups is 1. The molecule has 23 heavy (non-hydrogen) atoms. The molecule has 0 saturated carbocycles. The number of anilines is 1. The van der Waals surface area contributed by atoms with Crippen LogP contribution in [-0.2, 0) is 0 Å². The topological polar surface area (TPSA) is 88.5 Å². The molecule has 116 valence electrons. The number of phenolic OH excluding ortho intramolecular Hbond substituents is 1. The van der Waals surface area contributed by atoms with E-state index >= 15 is 0 Å². The van der Waals surface area contributed by atoms with Gasteiger partial charge in [-0.2, -0.15) is 0 Å². The van der Waals surface area contributed by atoms with Crippen molar-refractivity contribution in [3.8, 4) is 5.75 Å². The second-order valence-electron chi connectivity index (χ2n) is 5.13. The first kappa shape index (κ1) is 14.3. The van der Waals surface area contributed by atoms with Gasteiger partial charge in [-0.25, -0.2) is 9.98 Å². The summed E-state index contributed by atoms with van der Waals surface area (Å²) in [4.78, 5) is 8.94. The van der Waals surface area contributed by atoms with Crippen molar-refractivity contribution in [2.24, 2.45) is 10.7 Å². The summed E-state index contributed by atoms with van der Waals surface area (Å²) in [6.07, 6.45) is -0.561. The van der Waals surface area contributed by atoms with Crippen LogP contribution in [0.3, 0.4) is 0 Å². The van der Waals surface area contributed by atoms with Gasteiger partial charge in [-0.3, -0.25) is 9.88 Å². The third-order valence-corrected chi connectivity index (χ3v) is 4.50. The molecule has 0 aliphatic carbocycles. The number of guanidine groups is 1. The SMILES string of the molecule is NC1=NC(c2cc(Cl)cc(Br)c2O)n2c(nc3ccccc32)N1. The maximum atomic E-state index is 10.4. The van der Waals surface area contributed by atoms with Crippen LogP contribution < -0.4 is 11.1 Å².